The zero-order chi connectivity index (χ0) is 22.2. The van der Waals surface area contributed by atoms with Gasteiger partial charge in [-0.25, -0.2) is 4.79 Å². The van der Waals surface area contributed by atoms with Crippen LogP contribution in [0, 0.1) is 0 Å². The number of anilines is 1. The number of oxime groups is 1. The minimum absolute atomic E-state index is 0.0480. The molecule has 2 aromatic rings. The van der Waals surface area contributed by atoms with Gasteiger partial charge in [-0.3, -0.25) is 4.79 Å². The molecule has 0 aliphatic carbocycles. The Hall–Kier alpha value is -3.89. The number of halogens is 2. The Balaban J connectivity index is 1.38. The van der Waals surface area contributed by atoms with E-state index in [1.165, 1.54) is 24.3 Å². The number of rotatable bonds is 9. The molecule has 3 rings (SSSR count). The predicted molar refractivity (Wildman–Crippen MR) is 103 cm³/mol. The molecule has 31 heavy (non-hydrogen) atoms. The van der Waals surface area contributed by atoms with Crippen LogP contribution in [0.3, 0.4) is 0 Å². The number of nitrogens with one attached hydrogen (secondary N) is 1. The average Bonchev–Trinajstić information content (AvgIpc) is 3.21. The molecule has 1 aliphatic heterocycles. The molecule has 9 nitrogen and oxygen atoms in total. The average molecular weight is 436 g/mol. The van der Waals surface area contributed by atoms with E-state index in [1.807, 2.05) is 0 Å². The summed E-state index contributed by atoms with van der Waals surface area (Å²) in [5, 5.41) is 6.28. The van der Waals surface area contributed by atoms with Crippen molar-refractivity contribution in [2.45, 2.75) is 13.5 Å². The summed E-state index contributed by atoms with van der Waals surface area (Å²) in [6.45, 7) is -2.14. The van der Waals surface area contributed by atoms with Crippen molar-refractivity contribution in [3.05, 3.63) is 48.0 Å². The van der Waals surface area contributed by atoms with Gasteiger partial charge in [0.05, 0.1) is 5.71 Å². The fourth-order valence-corrected chi connectivity index (χ4v) is 2.46. The summed E-state index contributed by atoms with van der Waals surface area (Å²) in [5.74, 6) is -0.229. The van der Waals surface area contributed by atoms with E-state index in [4.69, 9.17) is 19.0 Å². The van der Waals surface area contributed by atoms with Gasteiger partial charge < -0.3 is 29.1 Å². The fourth-order valence-electron chi connectivity index (χ4n) is 2.46. The molecular weight excluding hydrogens is 418 g/mol. The molecular formula is C20H18F2N2O7. The van der Waals surface area contributed by atoms with E-state index in [9.17, 15) is 18.4 Å². The Kier molecular flexibility index (Phi) is 7.20. The third-order valence-electron chi connectivity index (χ3n) is 3.90. The van der Waals surface area contributed by atoms with E-state index in [2.05, 4.69) is 15.2 Å². The highest BCUT2D eigenvalue weighted by Gasteiger charge is 2.14. The van der Waals surface area contributed by atoms with Crippen LogP contribution >= 0.6 is 0 Å². The maximum atomic E-state index is 12.1. The first kappa shape index (κ1) is 21.8. The molecule has 164 valence electrons. The molecule has 1 heterocycles. The number of fused-ring (bicyclic) bond motifs is 1. The molecule has 2 aromatic carbocycles. The molecule has 0 spiro atoms. The predicted octanol–water partition coefficient (Wildman–Crippen LogP) is 2.94. The second kappa shape index (κ2) is 10.2. The van der Waals surface area contributed by atoms with Crippen molar-refractivity contribution in [1.29, 1.82) is 0 Å². The largest absolute Gasteiger partial charge is 0.454 e. The highest BCUT2D eigenvalue weighted by Crippen LogP contribution is 2.32. The van der Waals surface area contributed by atoms with Gasteiger partial charge in [-0.2, -0.15) is 8.78 Å². The van der Waals surface area contributed by atoms with Crippen LogP contribution in [0.2, 0.25) is 0 Å². The van der Waals surface area contributed by atoms with Crippen molar-refractivity contribution in [2.75, 3.05) is 25.3 Å². The zero-order valence-electron chi connectivity index (χ0n) is 16.3. The van der Waals surface area contributed by atoms with Crippen molar-refractivity contribution >= 4 is 23.3 Å². The van der Waals surface area contributed by atoms with Crippen LogP contribution in [0.15, 0.2) is 47.6 Å². The molecule has 0 saturated carbocycles. The van der Waals surface area contributed by atoms with Crippen molar-refractivity contribution in [1.82, 2.24) is 0 Å². The van der Waals surface area contributed by atoms with E-state index >= 15 is 0 Å². The molecule has 1 amide bonds. The van der Waals surface area contributed by atoms with E-state index in [1.54, 1.807) is 25.1 Å². The number of amides is 1. The molecule has 0 bridgehead atoms. The summed E-state index contributed by atoms with van der Waals surface area (Å²) >= 11 is 0. The molecule has 1 aliphatic rings. The topological polar surface area (TPSA) is 105 Å². The molecule has 0 unspecified atom stereocenters. The highest BCUT2D eigenvalue weighted by atomic mass is 19.3. The maximum absolute atomic E-state index is 12.1. The molecule has 0 fully saturated rings. The number of hydrogen-bond acceptors (Lipinski definition) is 8. The lowest BCUT2D eigenvalue weighted by Crippen LogP contribution is -2.22. The van der Waals surface area contributed by atoms with Gasteiger partial charge in [-0.15, -0.1) is 0 Å². The molecule has 0 radical (unpaired) electrons. The number of alkyl halides is 2. The molecule has 0 atom stereocenters. The highest BCUT2D eigenvalue weighted by molar-refractivity contribution is 5.99. The summed E-state index contributed by atoms with van der Waals surface area (Å²) in [7, 11) is 0. The van der Waals surface area contributed by atoms with E-state index in [0.29, 0.717) is 22.9 Å². The van der Waals surface area contributed by atoms with E-state index in [-0.39, 0.29) is 12.5 Å². The van der Waals surface area contributed by atoms with Crippen LogP contribution in [0.5, 0.6) is 17.2 Å². The zero-order valence-corrected chi connectivity index (χ0v) is 16.3. The van der Waals surface area contributed by atoms with Gasteiger partial charge in [0, 0.05) is 11.3 Å². The first-order valence-electron chi connectivity index (χ1n) is 8.97. The van der Waals surface area contributed by atoms with Crippen LogP contribution in [-0.2, 0) is 19.2 Å². The standard InChI is InChI=1S/C20H18F2N2O7/c1-12(13-2-7-16-17(8-13)29-11-28-16)24-30-10-19(26)27-9-18(25)23-14-3-5-15(6-4-14)31-20(21)22/h2-8,20H,9-11H2,1H3,(H,23,25)/b24-12-. The van der Waals surface area contributed by atoms with Crippen molar-refractivity contribution in [2.24, 2.45) is 5.16 Å². The summed E-state index contributed by atoms with van der Waals surface area (Å²) < 4.78 is 43.7. The van der Waals surface area contributed by atoms with Gasteiger partial charge >= 0.3 is 12.6 Å². The van der Waals surface area contributed by atoms with Crippen LogP contribution in [0.4, 0.5) is 14.5 Å². The Morgan fingerprint density at radius 2 is 1.84 bits per heavy atom. The monoisotopic (exact) mass is 436 g/mol. The molecule has 11 heteroatoms. The van der Waals surface area contributed by atoms with Crippen molar-refractivity contribution in [3.8, 4) is 17.2 Å². The smallest absolute Gasteiger partial charge is 0.387 e. The summed E-state index contributed by atoms with van der Waals surface area (Å²) in [4.78, 5) is 28.5. The van der Waals surface area contributed by atoms with Gasteiger partial charge in [0.25, 0.3) is 5.91 Å². The molecule has 0 saturated heterocycles. The van der Waals surface area contributed by atoms with Crippen molar-refractivity contribution in [3.63, 3.8) is 0 Å². The third kappa shape index (κ3) is 6.56. The number of carbonyl (C=O) groups is 2. The Bertz CT molecular complexity index is 965. The van der Waals surface area contributed by atoms with Crippen LogP contribution in [-0.4, -0.2) is 44.2 Å². The third-order valence-corrected chi connectivity index (χ3v) is 3.90. The summed E-state index contributed by atoms with van der Waals surface area (Å²) in [5.41, 5.74) is 1.55. The van der Waals surface area contributed by atoms with Gasteiger partial charge in [0.2, 0.25) is 13.4 Å². The second-order valence-corrected chi connectivity index (χ2v) is 6.13. The summed E-state index contributed by atoms with van der Waals surface area (Å²) in [6, 6.07) is 10.5. The van der Waals surface area contributed by atoms with Crippen LogP contribution in [0.25, 0.3) is 0 Å². The Labute approximate surface area is 175 Å². The number of benzene rings is 2. The van der Waals surface area contributed by atoms with Gasteiger partial charge in [0.1, 0.15) is 5.75 Å². The first-order chi connectivity index (χ1) is 14.9. The Morgan fingerprint density at radius 3 is 2.58 bits per heavy atom. The number of nitrogens with zero attached hydrogens (tertiary/aromatic N) is 1. The lowest BCUT2D eigenvalue weighted by atomic mass is 10.1. The summed E-state index contributed by atoms with van der Waals surface area (Å²) in [6.07, 6.45) is 0. The van der Waals surface area contributed by atoms with Gasteiger partial charge in [-0.1, -0.05) is 5.16 Å². The fraction of sp³-hybridized carbons (Fsp3) is 0.250. The Morgan fingerprint density at radius 1 is 1.10 bits per heavy atom. The first-order valence-corrected chi connectivity index (χ1v) is 8.97. The SMILES string of the molecule is C/C(=N/OCC(=O)OCC(=O)Nc1ccc(OC(F)F)cc1)c1ccc2c(c1)OCO2. The quantitative estimate of drug-likeness (QED) is 0.366. The lowest BCUT2D eigenvalue weighted by Gasteiger charge is -2.08. The minimum Gasteiger partial charge on any atom is -0.454 e. The van der Waals surface area contributed by atoms with E-state index < -0.39 is 31.7 Å². The van der Waals surface area contributed by atoms with Gasteiger partial charge in [-0.05, 0) is 49.4 Å². The molecule has 0 aromatic heterocycles. The van der Waals surface area contributed by atoms with Crippen LogP contribution < -0.4 is 19.5 Å². The second-order valence-electron chi connectivity index (χ2n) is 6.13. The maximum Gasteiger partial charge on any atom is 0.387 e. The molecule has 1 N–H and O–H groups in total. The lowest BCUT2D eigenvalue weighted by molar-refractivity contribution is -0.151. The minimum atomic E-state index is -2.94. The van der Waals surface area contributed by atoms with E-state index in [0.717, 1.165) is 5.56 Å². The van der Waals surface area contributed by atoms with Gasteiger partial charge in [0.15, 0.2) is 18.1 Å². The van der Waals surface area contributed by atoms with Crippen molar-refractivity contribution < 1.29 is 42.2 Å². The number of hydrogen-bond donors (Lipinski definition) is 1. The van der Waals surface area contributed by atoms with Crippen LogP contribution in [0.1, 0.15) is 12.5 Å². The number of esters is 1. The normalized spacial score (nSPS) is 12.5. The number of carbonyl (C=O) groups excluding carboxylic acids is 2. The number of ether oxygens (including phenoxy) is 4.